The molecule has 0 aromatic carbocycles. The lowest BCUT2D eigenvalue weighted by atomic mass is 9.64. The summed E-state index contributed by atoms with van der Waals surface area (Å²) in [4.78, 5) is 0. The standard InChI is InChI=1S/C13H27NO2S/c1-10(2)17(15,16)14-11-7-12(3,4)9-13(5,6)8-11/h10-11,14H,7-9H2,1-6H3. The number of rotatable bonds is 3. The van der Waals surface area contributed by atoms with Crippen LogP contribution in [0.15, 0.2) is 0 Å². The molecule has 1 aliphatic carbocycles. The topological polar surface area (TPSA) is 46.2 Å². The molecule has 0 radical (unpaired) electrons. The quantitative estimate of drug-likeness (QED) is 0.849. The predicted molar refractivity (Wildman–Crippen MR) is 72.4 cm³/mol. The highest BCUT2D eigenvalue weighted by Gasteiger charge is 2.39. The molecule has 1 N–H and O–H groups in total. The third-order valence-electron chi connectivity index (χ3n) is 3.51. The highest BCUT2D eigenvalue weighted by Crippen LogP contribution is 2.45. The molecule has 0 aromatic rings. The Morgan fingerprint density at radius 1 is 1.06 bits per heavy atom. The van der Waals surface area contributed by atoms with Gasteiger partial charge in [-0.15, -0.1) is 0 Å². The van der Waals surface area contributed by atoms with Crippen LogP contribution in [0.1, 0.15) is 60.8 Å². The van der Waals surface area contributed by atoms with Crippen molar-refractivity contribution in [3.05, 3.63) is 0 Å². The highest BCUT2D eigenvalue weighted by molar-refractivity contribution is 7.90. The summed E-state index contributed by atoms with van der Waals surface area (Å²) in [6.45, 7) is 12.4. The van der Waals surface area contributed by atoms with Gasteiger partial charge in [-0.3, -0.25) is 0 Å². The van der Waals surface area contributed by atoms with Crippen LogP contribution >= 0.6 is 0 Å². The van der Waals surface area contributed by atoms with E-state index in [0.29, 0.717) is 0 Å². The van der Waals surface area contributed by atoms with Gasteiger partial charge in [-0.1, -0.05) is 27.7 Å². The lowest BCUT2D eigenvalue weighted by molar-refractivity contribution is 0.0933. The van der Waals surface area contributed by atoms with E-state index in [0.717, 1.165) is 19.3 Å². The number of hydrogen-bond donors (Lipinski definition) is 1. The Kier molecular flexibility index (Phi) is 4.00. The molecule has 102 valence electrons. The lowest BCUT2D eigenvalue weighted by Gasteiger charge is -2.45. The summed E-state index contributed by atoms with van der Waals surface area (Å²) in [6, 6.07) is 0.0844. The number of hydrogen-bond acceptors (Lipinski definition) is 2. The summed E-state index contributed by atoms with van der Waals surface area (Å²) < 4.78 is 26.7. The van der Waals surface area contributed by atoms with E-state index in [9.17, 15) is 8.42 Å². The number of nitrogens with one attached hydrogen (secondary N) is 1. The maximum absolute atomic E-state index is 11.9. The summed E-state index contributed by atoms with van der Waals surface area (Å²) >= 11 is 0. The van der Waals surface area contributed by atoms with Crippen molar-refractivity contribution in [1.29, 1.82) is 0 Å². The molecule has 0 aliphatic heterocycles. The van der Waals surface area contributed by atoms with E-state index in [1.807, 2.05) is 0 Å². The molecule has 1 aliphatic rings. The first-order valence-electron chi connectivity index (χ1n) is 6.45. The third-order valence-corrected chi connectivity index (χ3v) is 5.41. The molecular weight excluding hydrogens is 234 g/mol. The minimum absolute atomic E-state index is 0.0844. The average molecular weight is 261 g/mol. The molecule has 1 saturated carbocycles. The zero-order valence-corrected chi connectivity index (χ0v) is 12.8. The SMILES string of the molecule is CC(C)S(=O)(=O)NC1CC(C)(C)CC(C)(C)C1. The average Bonchev–Trinajstić information content (AvgIpc) is 1.94. The maximum atomic E-state index is 11.9. The van der Waals surface area contributed by atoms with Crippen LogP contribution in [0.3, 0.4) is 0 Å². The van der Waals surface area contributed by atoms with Crippen molar-refractivity contribution >= 4 is 10.0 Å². The molecule has 0 bridgehead atoms. The number of sulfonamides is 1. The second-order valence-electron chi connectivity index (χ2n) is 7.32. The van der Waals surface area contributed by atoms with E-state index in [-0.39, 0.29) is 22.1 Å². The Balaban J connectivity index is 2.80. The minimum atomic E-state index is -3.15. The second-order valence-corrected chi connectivity index (χ2v) is 9.59. The molecule has 1 fully saturated rings. The molecule has 0 saturated heterocycles. The van der Waals surface area contributed by atoms with Crippen molar-refractivity contribution < 1.29 is 8.42 Å². The Morgan fingerprint density at radius 2 is 1.47 bits per heavy atom. The zero-order valence-electron chi connectivity index (χ0n) is 12.0. The summed E-state index contributed by atoms with van der Waals surface area (Å²) in [7, 11) is -3.15. The summed E-state index contributed by atoms with van der Waals surface area (Å²) in [5.41, 5.74) is 0.428. The van der Waals surface area contributed by atoms with Gasteiger partial charge in [0.1, 0.15) is 0 Å². The van der Waals surface area contributed by atoms with Crippen LogP contribution in [-0.4, -0.2) is 19.7 Å². The van der Waals surface area contributed by atoms with E-state index in [1.165, 1.54) is 0 Å². The van der Waals surface area contributed by atoms with Gasteiger partial charge in [-0.05, 0) is 43.9 Å². The van der Waals surface area contributed by atoms with Gasteiger partial charge in [0.15, 0.2) is 0 Å². The first kappa shape index (κ1) is 15.0. The van der Waals surface area contributed by atoms with E-state index in [1.54, 1.807) is 13.8 Å². The van der Waals surface area contributed by atoms with Crippen molar-refractivity contribution in [2.24, 2.45) is 10.8 Å². The molecule has 4 heteroatoms. The summed E-state index contributed by atoms with van der Waals surface area (Å²) in [5.74, 6) is 0. The van der Waals surface area contributed by atoms with Crippen LogP contribution in [0.2, 0.25) is 0 Å². The first-order chi connectivity index (χ1) is 7.44. The molecule has 0 spiro atoms. The zero-order chi connectivity index (χ0) is 13.5. The maximum Gasteiger partial charge on any atom is 0.214 e. The van der Waals surface area contributed by atoms with Crippen molar-refractivity contribution in [3.63, 3.8) is 0 Å². The van der Waals surface area contributed by atoms with Crippen LogP contribution in [-0.2, 0) is 10.0 Å². The van der Waals surface area contributed by atoms with Crippen molar-refractivity contribution in [2.75, 3.05) is 0 Å². The normalized spacial score (nSPS) is 25.1. The Morgan fingerprint density at radius 3 is 1.82 bits per heavy atom. The molecule has 0 aromatic heterocycles. The van der Waals surface area contributed by atoms with Gasteiger partial charge in [0, 0.05) is 6.04 Å². The molecular formula is C13H27NO2S. The smallest absolute Gasteiger partial charge is 0.212 e. The van der Waals surface area contributed by atoms with Crippen LogP contribution in [0, 0.1) is 10.8 Å². The van der Waals surface area contributed by atoms with Gasteiger partial charge in [0.05, 0.1) is 5.25 Å². The van der Waals surface area contributed by atoms with Crippen molar-refractivity contribution in [1.82, 2.24) is 4.72 Å². The highest BCUT2D eigenvalue weighted by atomic mass is 32.2. The van der Waals surface area contributed by atoms with E-state index in [4.69, 9.17) is 0 Å². The largest absolute Gasteiger partial charge is 0.214 e. The van der Waals surface area contributed by atoms with Gasteiger partial charge in [-0.2, -0.15) is 0 Å². The van der Waals surface area contributed by atoms with E-state index < -0.39 is 10.0 Å². The van der Waals surface area contributed by atoms with Gasteiger partial charge < -0.3 is 0 Å². The molecule has 0 heterocycles. The van der Waals surface area contributed by atoms with Crippen molar-refractivity contribution in [3.8, 4) is 0 Å². The van der Waals surface area contributed by atoms with Crippen LogP contribution in [0.5, 0.6) is 0 Å². The molecule has 0 amide bonds. The molecule has 1 rings (SSSR count). The minimum Gasteiger partial charge on any atom is -0.212 e. The van der Waals surface area contributed by atoms with Crippen LogP contribution in [0.25, 0.3) is 0 Å². The van der Waals surface area contributed by atoms with Gasteiger partial charge >= 0.3 is 0 Å². The fourth-order valence-electron chi connectivity index (χ4n) is 3.30. The fraction of sp³-hybridized carbons (Fsp3) is 1.00. The Bertz CT molecular complexity index is 353. The summed E-state index contributed by atoms with van der Waals surface area (Å²) in [5, 5.41) is -0.351. The van der Waals surface area contributed by atoms with Crippen LogP contribution < -0.4 is 4.72 Å². The van der Waals surface area contributed by atoms with Gasteiger partial charge in [0.2, 0.25) is 10.0 Å². The summed E-state index contributed by atoms with van der Waals surface area (Å²) in [6.07, 6.45) is 3.02. The van der Waals surface area contributed by atoms with E-state index in [2.05, 4.69) is 32.4 Å². The Hall–Kier alpha value is -0.0900. The molecule has 3 nitrogen and oxygen atoms in total. The van der Waals surface area contributed by atoms with Crippen LogP contribution in [0.4, 0.5) is 0 Å². The second kappa shape index (κ2) is 4.54. The molecule has 0 unspecified atom stereocenters. The molecule has 17 heavy (non-hydrogen) atoms. The van der Waals surface area contributed by atoms with Crippen molar-refractivity contribution in [2.45, 2.75) is 72.1 Å². The third kappa shape index (κ3) is 4.25. The Labute approximate surface area is 106 Å². The predicted octanol–water partition coefficient (Wildman–Crippen LogP) is 2.92. The fourth-order valence-corrected chi connectivity index (χ4v) is 4.20. The first-order valence-corrected chi connectivity index (χ1v) is 7.99. The van der Waals surface area contributed by atoms with E-state index >= 15 is 0 Å². The monoisotopic (exact) mass is 261 g/mol. The van der Waals surface area contributed by atoms with Gasteiger partial charge in [-0.25, -0.2) is 13.1 Å². The lowest BCUT2D eigenvalue weighted by Crippen LogP contribution is -2.47. The molecule has 0 atom stereocenters. The van der Waals surface area contributed by atoms with Gasteiger partial charge in [0.25, 0.3) is 0 Å².